The van der Waals surface area contributed by atoms with Gasteiger partial charge in [0, 0.05) is 24.5 Å². The molecule has 0 N–H and O–H groups in total. The van der Waals surface area contributed by atoms with E-state index in [0.717, 1.165) is 12.5 Å². The number of benzene rings is 1. The van der Waals surface area contributed by atoms with Crippen molar-refractivity contribution in [3.63, 3.8) is 0 Å². The van der Waals surface area contributed by atoms with Crippen LogP contribution in [-0.2, 0) is 6.18 Å². The SMILES string of the molecule is O=C(c1ccc(F)c(C(F)(F)F)c1)N1CCC(CCl)C1. The lowest BCUT2D eigenvalue weighted by Crippen LogP contribution is -2.29. The molecule has 110 valence electrons. The fourth-order valence-corrected chi connectivity index (χ4v) is 2.45. The first-order valence-corrected chi connectivity index (χ1v) is 6.58. The molecule has 7 heteroatoms. The molecular formula is C13H12ClF4NO. The summed E-state index contributed by atoms with van der Waals surface area (Å²) in [6, 6.07) is 2.30. The number of hydrogen-bond acceptors (Lipinski definition) is 1. The van der Waals surface area contributed by atoms with Crippen LogP contribution in [0.2, 0.25) is 0 Å². The fraction of sp³-hybridized carbons (Fsp3) is 0.462. The van der Waals surface area contributed by atoms with E-state index in [9.17, 15) is 22.4 Å². The predicted molar refractivity (Wildman–Crippen MR) is 66.1 cm³/mol. The Morgan fingerprint density at radius 1 is 1.40 bits per heavy atom. The zero-order chi connectivity index (χ0) is 14.9. The van der Waals surface area contributed by atoms with Gasteiger partial charge in [0.15, 0.2) is 0 Å². The molecule has 1 fully saturated rings. The summed E-state index contributed by atoms with van der Waals surface area (Å²) in [6.07, 6.45) is -4.09. The van der Waals surface area contributed by atoms with E-state index in [4.69, 9.17) is 11.6 Å². The zero-order valence-corrected chi connectivity index (χ0v) is 11.1. The largest absolute Gasteiger partial charge is 0.419 e. The molecule has 20 heavy (non-hydrogen) atoms. The van der Waals surface area contributed by atoms with Crippen LogP contribution < -0.4 is 0 Å². The van der Waals surface area contributed by atoms with Crippen molar-refractivity contribution in [2.24, 2.45) is 5.92 Å². The van der Waals surface area contributed by atoms with Gasteiger partial charge in [0.2, 0.25) is 0 Å². The highest BCUT2D eigenvalue weighted by atomic mass is 35.5. The third-order valence-corrected chi connectivity index (χ3v) is 3.75. The van der Waals surface area contributed by atoms with Crippen molar-refractivity contribution in [3.05, 3.63) is 35.1 Å². The Bertz CT molecular complexity index is 518. The van der Waals surface area contributed by atoms with E-state index in [1.54, 1.807) is 0 Å². The lowest BCUT2D eigenvalue weighted by molar-refractivity contribution is -0.140. The van der Waals surface area contributed by atoms with Crippen LogP contribution in [0.5, 0.6) is 0 Å². The van der Waals surface area contributed by atoms with Crippen molar-refractivity contribution in [1.82, 2.24) is 4.90 Å². The smallest absolute Gasteiger partial charge is 0.338 e. The summed E-state index contributed by atoms with van der Waals surface area (Å²) in [5.41, 5.74) is -1.58. The minimum absolute atomic E-state index is 0.156. The summed E-state index contributed by atoms with van der Waals surface area (Å²) >= 11 is 5.69. The van der Waals surface area contributed by atoms with Gasteiger partial charge in [-0.05, 0) is 30.5 Å². The standard InChI is InChI=1S/C13H12ClF4NO/c14-6-8-3-4-19(7-8)12(20)9-1-2-11(15)10(5-9)13(16,17)18/h1-2,5,8H,3-4,6-7H2. The second-order valence-corrected chi connectivity index (χ2v) is 5.06. The number of likely N-dealkylation sites (tertiary alicyclic amines) is 1. The van der Waals surface area contributed by atoms with Crippen LogP contribution in [0.25, 0.3) is 0 Å². The monoisotopic (exact) mass is 309 g/mol. The molecule has 1 amide bonds. The summed E-state index contributed by atoms with van der Waals surface area (Å²) in [6.45, 7) is 0.871. The number of hydrogen-bond donors (Lipinski definition) is 0. The maximum atomic E-state index is 13.2. The zero-order valence-electron chi connectivity index (χ0n) is 10.4. The molecule has 1 unspecified atom stereocenters. The molecule has 1 saturated heterocycles. The molecule has 0 aliphatic carbocycles. The minimum Gasteiger partial charge on any atom is -0.338 e. The topological polar surface area (TPSA) is 20.3 Å². The first kappa shape index (κ1) is 15.1. The molecule has 1 aromatic rings. The second-order valence-electron chi connectivity index (χ2n) is 4.75. The number of carbonyl (C=O) groups is 1. The van der Waals surface area contributed by atoms with E-state index in [-0.39, 0.29) is 11.5 Å². The molecule has 1 aliphatic rings. The number of rotatable bonds is 2. The fourth-order valence-electron chi connectivity index (χ4n) is 2.20. The quantitative estimate of drug-likeness (QED) is 0.604. The van der Waals surface area contributed by atoms with Crippen molar-refractivity contribution in [2.45, 2.75) is 12.6 Å². The maximum Gasteiger partial charge on any atom is 0.419 e. The van der Waals surface area contributed by atoms with Gasteiger partial charge in [0.05, 0.1) is 5.56 Å². The Morgan fingerprint density at radius 2 is 2.10 bits per heavy atom. The molecule has 0 saturated carbocycles. The minimum atomic E-state index is -4.82. The molecule has 1 aromatic carbocycles. The lowest BCUT2D eigenvalue weighted by atomic mass is 10.1. The van der Waals surface area contributed by atoms with E-state index in [1.165, 1.54) is 4.90 Å². The van der Waals surface area contributed by atoms with Crippen molar-refractivity contribution in [2.75, 3.05) is 19.0 Å². The van der Waals surface area contributed by atoms with E-state index in [1.807, 2.05) is 0 Å². The van der Waals surface area contributed by atoms with Crippen LogP contribution in [0.1, 0.15) is 22.3 Å². The highest BCUT2D eigenvalue weighted by molar-refractivity contribution is 6.18. The van der Waals surface area contributed by atoms with E-state index < -0.39 is 23.5 Å². The summed E-state index contributed by atoms with van der Waals surface area (Å²) in [7, 11) is 0. The lowest BCUT2D eigenvalue weighted by Gasteiger charge is -2.17. The van der Waals surface area contributed by atoms with Crippen LogP contribution >= 0.6 is 11.6 Å². The molecular weight excluding hydrogens is 298 g/mol. The second kappa shape index (κ2) is 5.60. The first-order valence-electron chi connectivity index (χ1n) is 6.05. The van der Waals surface area contributed by atoms with Gasteiger partial charge in [-0.25, -0.2) is 4.39 Å². The van der Waals surface area contributed by atoms with Gasteiger partial charge in [0.1, 0.15) is 5.82 Å². The Kier molecular flexibility index (Phi) is 4.22. The molecule has 0 bridgehead atoms. The number of nitrogens with zero attached hydrogens (tertiary/aromatic N) is 1. The van der Waals surface area contributed by atoms with Crippen molar-refractivity contribution < 1.29 is 22.4 Å². The van der Waals surface area contributed by atoms with Crippen molar-refractivity contribution in [1.29, 1.82) is 0 Å². The third kappa shape index (κ3) is 3.06. The summed E-state index contributed by atoms with van der Waals surface area (Å²) < 4.78 is 51.0. The Balaban J connectivity index is 2.23. The number of halogens is 5. The molecule has 0 spiro atoms. The molecule has 1 atom stereocenters. The van der Waals surface area contributed by atoms with Gasteiger partial charge < -0.3 is 4.90 Å². The van der Waals surface area contributed by atoms with Gasteiger partial charge in [-0.1, -0.05) is 0 Å². The average Bonchev–Trinajstić information content (AvgIpc) is 2.86. The molecule has 1 aliphatic heterocycles. The van der Waals surface area contributed by atoms with Gasteiger partial charge in [0.25, 0.3) is 5.91 Å². The van der Waals surface area contributed by atoms with Crippen molar-refractivity contribution in [3.8, 4) is 0 Å². The predicted octanol–water partition coefficient (Wildman–Crippen LogP) is 3.55. The normalized spacial score (nSPS) is 19.4. The molecule has 2 nitrogen and oxygen atoms in total. The number of amides is 1. The van der Waals surface area contributed by atoms with Gasteiger partial charge >= 0.3 is 6.18 Å². The van der Waals surface area contributed by atoms with Gasteiger partial charge in [-0.2, -0.15) is 13.2 Å². The Labute approximate surface area is 118 Å². The average molecular weight is 310 g/mol. The molecule has 0 radical (unpaired) electrons. The molecule has 2 rings (SSSR count). The first-order chi connectivity index (χ1) is 9.32. The highest BCUT2D eigenvalue weighted by Crippen LogP contribution is 2.32. The number of carbonyl (C=O) groups excluding carboxylic acids is 1. The Hall–Kier alpha value is -1.30. The van der Waals surface area contributed by atoms with E-state index >= 15 is 0 Å². The van der Waals surface area contributed by atoms with E-state index in [0.29, 0.717) is 31.1 Å². The van der Waals surface area contributed by atoms with Crippen LogP contribution in [0.15, 0.2) is 18.2 Å². The van der Waals surface area contributed by atoms with E-state index in [2.05, 4.69) is 0 Å². The van der Waals surface area contributed by atoms with Gasteiger partial charge in [-0.3, -0.25) is 4.79 Å². The molecule has 0 aromatic heterocycles. The van der Waals surface area contributed by atoms with Crippen LogP contribution in [0.4, 0.5) is 17.6 Å². The number of alkyl halides is 4. The summed E-state index contributed by atoms with van der Waals surface area (Å²) in [5, 5.41) is 0. The maximum absolute atomic E-state index is 13.2. The van der Waals surface area contributed by atoms with Gasteiger partial charge in [-0.15, -0.1) is 11.6 Å². The van der Waals surface area contributed by atoms with Crippen LogP contribution in [-0.4, -0.2) is 29.8 Å². The Morgan fingerprint density at radius 3 is 2.65 bits per heavy atom. The summed E-state index contributed by atoms with van der Waals surface area (Å²) in [5.74, 6) is -1.35. The van der Waals surface area contributed by atoms with Crippen molar-refractivity contribution >= 4 is 17.5 Å². The van der Waals surface area contributed by atoms with Crippen LogP contribution in [0, 0.1) is 11.7 Å². The van der Waals surface area contributed by atoms with Crippen LogP contribution in [0.3, 0.4) is 0 Å². The third-order valence-electron chi connectivity index (χ3n) is 3.31. The highest BCUT2D eigenvalue weighted by Gasteiger charge is 2.35. The molecule has 1 heterocycles. The summed E-state index contributed by atoms with van der Waals surface area (Å²) in [4.78, 5) is 13.5.